The van der Waals surface area contributed by atoms with Gasteiger partial charge in [-0.05, 0) is 79.9 Å². The smallest absolute Gasteiger partial charge is 0.231 e. The molecule has 17 heteroatoms. The summed E-state index contributed by atoms with van der Waals surface area (Å²) < 4.78 is 48.9. The molecule has 3 aliphatic heterocycles. The van der Waals surface area contributed by atoms with Crippen molar-refractivity contribution in [2.24, 2.45) is 5.73 Å². The number of hydrogen-bond acceptors (Lipinski definition) is 15. The fraction of sp³-hybridized carbons (Fsp3) is 0.231. The maximum atomic E-state index is 10.5. The van der Waals surface area contributed by atoms with Gasteiger partial charge in [-0.25, -0.2) is 0 Å². The predicted molar refractivity (Wildman–Crippen MR) is 209 cm³/mol. The molecule has 15 nitrogen and oxygen atoms in total. The summed E-state index contributed by atoms with van der Waals surface area (Å²) in [5, 5.41) is 33.9. The van der Waals surface area contributed by atoms with Gasteiger partial charge >= 0.3 is 0 Å². The summed E-state index contributed by atoms with van der Waals surface area (Å²) in [4.78, 5) is 10.5. The summed E-state index contributed by atoms with van der Waals surface area (Å²) in [7, 11) is 6.19. The maximum Gasteiger partial charge on any atom is 0.231 e. The molecule has 4 aromatic rings. The topological polar surface area (TPSA) is 218 Å². The van der Waals surface area contributed by atoms with E-state index in [1.165, 1.54) is 13.2 Å². The minimum Gasteiger partial charge on any atom is -0.508 e. The second kappa shape index (κ2) is 20.8. The second-order valence-electron chi connectivity index (χ2n) is 10.8. The Morgan fingerprint density at radius 1 is 0.768 bits per heavy atom. The number of nitriles is 3. The Morgan fingerprint density at radius 2 is 1.32 bits per heavy atom. The van der Waals surface area contributed by atoms with E-state index in [2.05, 4.69) is 37.9 Å². The zero-order valence-corrected chi connectivity index (χ0v) is 32.8. The first kappa shape index (κ1) is 43.9. The van der Waals surface area contributed by atoms with Gasteiger partial charge < -0.3 is 53.5 Å². The summed E-state index contributed by atoms with van der Waals surface area (Å²) >= 11 is 6.78. The highest BCUT2D eigenvalue weighted by Crippen LogP contribution is 2.50. The quantitative estimate of drug-likeness (QED) is 0.176. The third-order valence-electron chi connectivity index (χ3n) is 7.61. The number of carbonyl (C=O) groups is 1. The van der Waals surface area contributed by atoms with Gasteiger partial charge in [-0.2, -0.15) is 15.8 Å². The van der Waals surface area contributed by atoms with Crippen LogP contribution in [0.5, 0.6) is 57.5 Å². The molecule has 4 aromatic carbocycles. The molecule has 0 fully saturated rings. The lowest BCUT2D eigenvalue weighted by Crippen LogP contribution is -2.21. The highest BCUT2D eigenvalue weighted by Gasteiger charge is 2.34. The van der Waals surface area contributed by atoms with Crippen LogP contribution in [0.3, 0.4) is 0 Å². The average Bonchev–Trinajstić information content (AvgIpc) is 3.86. The van der Waals surface area contributed by atoms with Gasteiger partial charge in [0.1, 0.15) is 35.8 Å². The molecule has 292 valence electrons. The minimum atomic E-state index is -0.454. The summed E-state index contributed by atoms with van der Waals surface area (Å²) in [5.74, 6) is 5.03. The largest absolute Gasteiger partial charge is 0.508 e. The number of phenols is 1. The molecule has 0 radical (unpaired) electrons. The van der Waals surface area contributed by atoms with Crippen LogP contribution in [0.15, 0.2) is 75.0 Å². The lowest BCUT2D eigenvalue weighted by molar-refractivity contribution is 0.112. The van der Waals surface area contributed by atoms with Crippen molar-refractivity contribution in [3.8, 4) is 75.7 Å². The molecule has 3 heterocycles. The van der Waals surface area contributed by atoms with Crippen molar-refractivity contribution in [2.75, 3.05) is 42.0 Å². The van der Waals surface area contributed by atoms with Crippen LogP contribution in [0.4, 0.5) is 0 Å². The third-order valence-corrected chi connectivity index (χ3v) is 8.78. The number of ether oxygens (including phenoxy) is 9. The monoisotopic (exact) mass is 894 g/mol. The van der Waals surface area contributed by atoms with E-state index in [1.54, 1.807) is 63.8 Å². The summed E-state index contributed by atoms with van der Waals surface area (Å²) in [6.45, 7) is 0.387. The molecule has 0 bridgehead atoms. The number of carbonyl (C=O) groups excluding carboxylic acids is 1. The molecule has 0 saturated heterocycles. The number of aromatic hydroxyl groups is 1. The van der Waals surface area contributed by atoms with Crippen LogP contribution in [0.2, 0.25) is 0 Å². The van der Waals surface area contributed by atoms with Gasteiger partial charge in [-0.15, -0.1) is 0 Å². The lowest BCUT2D eigenvalue weighted by Gasteiger charge is -2.27. The molecule has 7 rings (SSSR count). The molecular formula is C39H36Br2N4O11. The van der Waals surface area contributed by atoms with E-state index >= 15 is 0 Å². The summed E-state index contributed by atoms with van der Waals surface area (Å²) in [6, 6.07) is 20.8. The first-order valence-electron chi connectivity index (χ1n) is 15.7. The summed E-state index contributed by atoms with van der Waals surface area (Å²) in [5.41, 5.74) is 8.44. The van der Waals surface area contributed by atoms with Crippen molar-refractivity contribution in [1.29, 1.82) is 15.8 Å². The number of hydrogen-bond donors (Lipinski definition) is 2. The molecule has 0 spiro atoms. The molecule has 0 aromatic heterocycles. The number of phenolic OH excluding ortho intramolecular Hbond substituents is 1. The first-order valence-corrected chi connectivity index (χ1v) is 17.3. The number of rotatable bonds is 6. The van der Waals surface area contributed by atoms with E-state index in [0.717, 1.165) is 17.4 Å². The van der Waals surface area contributed by atoms with Crippen molar-refractivity contribution >= 4 is 38.1 Å². The molecule has 0 saturated carbocycles. The van der Waals surface area contributed by atoms with Crippen LogP contribution in [-0.2, 0) is 0 Å². The Labute approximate surface area is 340 Å². The van der Waals surface area contributed by atoms with Crippen molar-refractivity contribution in [1.82, 2.24) is 0 Å². The first-order chi connectivity index (χ1) is 26.6. The highest BCUT2D eigenvalue weighted by atomic mass is 79.9. The third kappa shape index (κ3) is 10.2. The Balaban J connectivity index is 0.000000240. The van der Waals surface area contributed by atoms with Gasteiger partial charge in [0.05, 0.1) is 55.4 Å². The molecule has 56 heavy (non-hydrogen) atoms. The van der Waals surface area contributed by atoms with Gasteiger partial charge in [0.25, 0.3) is 0 Å². The number of nitrogens with zero attached hydrogens (tertiary/aromatic N) is 3. The summed E-state index contributed by atoms with van der Waals surface area (Å²) in [6.07, 6.45) is 0.757. The van der Waals surface area contributed by atoms with Crippen molar-refractivity contribution in [2.45, 2.75) is 19.8 Å². The van der Waals surface area contributed by atoms with Crippen LogP contribution in [-0.4, -0.2) is 53.4 Å². The lowest BCUT2D eigenvalue weighted by atomic mass is 9.83. The minimum absolute atomic E-state index is 0. The molecule has 3 N–H and O–H groups in total. The van der Waals surface area contributed by atoms with Crippen LogP contribution >= 0.6 is 31.9 Å². The number of benzene rings is 4. The van der Waals surface area contributed by atoms with Gasteiger partial charge in [0.2, 0.25) is 19.5 Å². The van der Waals surface area contributed by atoms with E-state index < -0.39 is 5.92 Å². The van der Waals surface area contributed by atoms with Crippen molar-refractivity contribution in [3.63, 3.8) is 0 Å². The molecule has 3 aliphatic rings. The SMILES string of the molecule is C.COc1cc(C2C(C#N)=C(N)Oc3cc4c(cc32)OCO4)cc(Br)c1OC.COc1cc(C=O)cc(Br)c1OC.N#CCC#N.Oc1ccc2c(c1)OCO2. The maximum absolute atomic E-state index is 10.5. The van der Waals surface area contributed by atoms with Gasteiger partial charge in [-0.3, -0.25) is 4.79 Å². The standard InChI is InChI=1S/C19H15BrN2O5.C9H9BrO3.C7H6O3.C3H2N2.CH4/c1-23-16-4-9(3-12(20)18(16)24-2)17-10-5-14-15(26-8-25-14)6-13(10)27-19(22)11(17)7-21;1-12-8-4-6(5-11)3-7(10)9(8)13-2;8-5-1-2-6-7(3-5)10-4-9-6;4-2-1-3-5;/h3-6,17H,8,22H2,1-2H3;3-5H,1-2H3;1-3,8H,4H2;1H2;1H4. The Morgan fingerprint density at radius 3 is 1.86 bits per heavy atom. The van der Waals surface area contributed by atoms with E-state index in [0.29, 0.717) is 71.8 Å². The molecule has 1 atom stereocenters. The van der Waals surface area contributed by atoms with Gasteiger partial charge in [0.15, 0.2) is 46.0 Å². The fourth-order valence-electron chi connectivity index (χ4n) is 5.22. The van der Waals surface area contributed by atoms with Crippen LogP contribution in [0.25, 0.3) is 0 Å². The Hall–Kier alpha value is -6.48. The fourth-order valence-corrected chi connectivity index (χ4v) is 6.46. The van der Waals surface area contributed by atoms with Crippen molar-refractivity contribution in [3.05, 3.63) is 91.7 Å². The van der Waals surface area contributed by atoms with Crippen LogP contribution < -0.4 is 48.4 Å². The number of methoxy groups -OCH3 is 4. The van der Waals surface area contributed by atoms with E-state index in [-0.39, 0.29) is 39.1 Å². The van der Waals surface area contributed by atoms with Crippen LogP contribution in [0, 0.1) is 34.0 Å². The normalized spacial score (nSPS) is 13.2. The number of nitrogens with two attached hydrogens (primary N) is 1. The van der Waals surface area contributed by atoms with Gasteiger partial charge in [-0.1, -0.05) is 7.43 Å². The number of aldehydes is 1. The average molecular weight is 897 g/mol. The zero-order chi connectivity index (χ0) is 40.1. The molecule has 1 unspecified atom stereocenters. The van der Waals surface area contributed by atoms with Crippen molar-refractivity contribution < 1.29 is 52.5 Å². The Bertz CT molecular complexity index is 2200. The second-order valence-corrected chi connectivity index (χ2v) is 12.5. The highest BCUT2D eigenvalue weighted by molar-refractivity contribution is 9.11. The van der Waals surface area contributed by atoms with E-state index in [1.807, 2.05) is 18.2 Å². The van der Waals surface area contributed by atoms with E-state index in [4.69, 9.17) is 64.0 Å². The molecule has 0 amide bonds. The molecule has 0 aliphatic carbocycles. The number of fused-ring (bicyclic) bond motifs is 3. The molecular weight excluding hydrogens is 860 g/mol. The van der Waals surface area contributed by atoms with Crippen LogP contribution in [0.1, 0.15) is 41.3 Å². The Kier molecular flexibility index (Phi) is 16.3. The van der Waals surface area contributed by atoms with E-state index in [9.17, 15) is 10.1 Å². The van der Waals surface area contributed by atoms with Gasteiger partial charge in [0, 0.05) is 23.3 Å². The number of halogens is 2. The zero-order valence-electron chi connectivity index (χ0n) is 29.7. The number of allylic oxidation sites excluding steroid dienone is 1. The predicted octanol–water partition coefficient (Wildman–Crippen LogP) is 7.87.